The van der Waals surface area contributed by atoms with E-state index in [4.69, 9.17) is 0 Å². The molecule has 1 aliphatic carbocycles. The summed E-state index contributed by atoms with van der Waals surface area (Å²) < 4.78 is 64.7. The Labute approximate surface area is 134 Å². The number of carbonyl (C=O) groups is 1. The molecule has 1 aliphatic heterocycles. The van der Waals surface area contributed by atoms with Gasteiger partial charge >= 0.3 is 22.4 Å². The smallest absolute Gasteiger partial charge is 0.335 e. The molecule has 10 heteroatoms. The predicted molar refractivity (Wildman–Crippen MR) is 77.8 cm³/mol. The van der Waals surface area contributed by atoms with Crippen LogP contribution in [0.1, 0.15) is 44.9 Å². The average molecular weight is 357 g/mol. The number of nitrogens with zero attached hydrogens (tertiary/aromatic N) is 1. The molecule has 2 amide bonds. The summed E-state index contributed by atoms with van der Waals surface area (Å²) in [7, 11) is -4.10. The summed E-state index contributed by atoms with van der Waals surface area (Å²) in [6.07, 6.45) is -0.169. The van der Waals surface area contributed by atoms with Gasteiger partial charge in [-0.05, 0) is 25.7 Å². The molecule has 0 bridgehead atoms. The normalized spacial score (nSPS) is 22.7. The van der Waals surface area contributed by atoms with Crippen molar-refractivity contribution in [1.29, 1.82) is 0 Å². The van der Waals surface area contributed by atoms with E-state index in [2.05, 4.69) is 5.32 Å². The first-order valence-electron chi connectivity index (χ1n) is 7.83. The molecule has 0 aromatic rings. The van der Waals surface area contributed by atoms with Crippen molar-refractivity contribution in [2.75, 3.05) is 13.1 Å². The lowest BCUT2D eigenvalue weighted by atomic mass is 9.96. The van der Waals surface area contributed by atoms with Gasteiger partial charge in [0.05, 0.1) is 5.92 Å². The first-order valence-corrected chi connectivity index (χ1v) is 9.27. The molecule has 0 atom stereocenters. The fourth-order valence-corrected chi connectivity index (χ4v) is 4.18. The molecule has 2 rings (SSSR count). The van der Waals surface area contributed by atoms with Crippen molar-refractivity contribution < 1.29 is 26.4 Å². The van der Waals surface area contributed by atoms with E-state index in [0.29, 0.717) is 0 Å². The molecular weight excluding hydrogens is 335 g/mol. The van der Waals surface area contributed by atoms with Gasteiger partial charge in [0.25, 0.3) is 0 Å². The fourth-order valence-electron chi connectivity index (χ4n) is 3.07. The van der Waals surface area contributed by atoms with Gasteiger partial charge < -0.3 is 5.32 Å². The Bertz CT molecular complexity index is 510. The van der Waals surface area contributed by atoms with E-state index in [9.17, 15) is 26.4 Å². The van der Waals surface area contributed by atoms with Gasteiger partial charge in [-0.2, -0.15) is 25.9 Å². The summed E-state index contributed by atoms with van der Waals surface area (Å²) in [5, 5.41) is 2.61. The second kappa shape index (κ2) is 7.25. The molecular formula is C13H22F3N3O3S. The molecule has 0 spiro atoms. The van der Waals surface area contributed by atoms with Crippen LogP contribution in [0.5, 0.6) is 0 Å². The Hall–Kier alpha value is -1.03. The molecule has 134 valence electrons. The number of piperidine rings is 1. The molecule has 23 heavy (non-hydrogen) atoms. The Kier molecular flexibility index (Phi) is 5.77. The minimum atomic E-state index is -4.30. The maximum absolute atomic E-state index is 12.6. The predicted octanol–water partition coefficient (Wildman–Crippen LogP) is 2.14. The second-order valence-corrected chi connectivity index (χ2v) is 7.80. The maximum atomic E-state index is 12.6. The van der Waals surface area contributed by atoms with Gasteiger partial charge in [0.2, 0.25) is 0 Å². The Morgan fingerprint density at radius 2 is 1.57 bits per heavy atom. The zero-order valence-electron chi connectivity index (χ0n) is 12.7. The standard InChI is InChI=1S/C13H22F3N3O3S/c14-13(15,16)10-6-8-19(9-7-10)23(21,22)18-12(20)17-11-4-2-1-3-5-11/h10-11H,1-9H2,(H2,17,18,20). The molecule has 2 fully saturated rings. The monoisotopic (exact) mass is 357 g/mol. The van der Waals surface area contributed by atoms with Crippen molar-refractivity contribution in [3.63, 3.8) is 0 Å². The highest BCUT2D eigenvalue weighted by Crippen LogP contribution is 2.34. The maximum Gasteiger partial charge on any atom is 0.391 e. The SMILES string of the molecule is O=C(NC1CCCCC1)NS(=O)(=O)N1CCC(C(F)(F)F)CC1. The van der Waals surface area contributed by atoms with Crippen molar-refractivity contribution in [3.05, 3.63) is 0 Å². The van der Waals surface area contributed by atoms with Crippen LogP contribution in [0.4, 0.5) is 18.0 Å². The summed E-state index contributed by atoms with van der Waals surface area (Å²) in [6, 6.07) is -0.857. The number of urea groups is 1. The lowest BCUT2D eigenvalue weighted by Gasteiger charge is -2.32. The minimum absolute atomic E-state index is 0.0464. The fraction of sp³-hybridized carbons (Fsp3) is 0.923. The molecule has 1 heterocycles. The Balaban J connectivity index is 1.83. The van der Waals surface area contributed by atoms with Crippen LogP contribution in [0, 0.1) is 5.92 Å². The van der Waals surface area contributed by atoms with E-state index < -0.39 is 28.3 Å². The molecule has 1 saturated heterocycles. The van der Waals surface area contributed by atoms with Gasteiger partial charge in [-0.3, -0.25) is 0 Å². The lowest BCUT2D eigenvalue weighted by Crippen LogP contribution is -2.52. The van der Waals surface area contributed by atoms with Crippen LogP contribution in [-0.2, 0) is 10.2 Å². The molecule has 0 unspecified atom stereocenters. The highest BCUT2D eigenvalue weighted by atomic mass is 32.2. The van der Waals surface area contributed by atoms with Gasteiger partial charge in [-0.1, -0.05) is 19.3 Å². The first-order chi connectivity index (χ1) is 10.7. The number of amides is 2. The lowest BCUT2D eigenvalue weighted by molar-refractivity contribution is -0.182. The molecule has 1 saturated carbocycles. The van der Waals surface area contributed by atoms with Crippen LogP contribution in [-0.4, -0.2) is 44.1 Å². The van der Waals surface area contributed by atoms with Gasteiger partial charge in [0, 0.05) is 19.1 Å². The van der Waals surface area contributed by atoms with E-state index in [1.807, 2.05) is 4.72 Å². The Morgan fingerprint density at radius 3 is 2.09 bits per heavy atom. The minimum Gasteiger partial charge on any atom is -0.335 e. The van der Waals surface area contributed by atoms with Gasteiger partial charge in [0.1, 0.15) is 0 Å². The van der Waals surface area contributed by atoms with Crippen LogP contribution >= 0.6 is 0 Å². The van der Waals surface area contributed by atoms with Crippen molar-refractivity contribution in [1.82, 2.24) is 14.3 Å². The number of hydrogen-bond acceptors (Lipinski definition) is 3. The first kappa shape index (κ1) is 18.3. The van der Waals surface area contributed by atoms with E-state index in [-0.39, 0.29) is 32.0 Å². The number of rotatable bonds is 3. The van der Waals surface area contributed by atoms with Crippen LogP contribution in [0.2, 0.25) is 0 Å². The summed E-state index contributed by atoms with van der Waals surface area (Å²) in [6.45, 7) is -0.480. The summed E-state index contributed by atoms with van der Waals surface area (Å²) in [5.41, 5.74) is 0. The zero-order chi connectivity index (χ0) is 17.1. The number of halogens is 3. The van der Waals surface area contributed by atoms with Crippen molar-refractivity contribution in [2.45, 2.75) is 57.2 Å². The molecule has 2 N–H and O–H groups in total. The third-order valence-corrected chi connectivity index (χ3v) is 5.91. The van der Waals surface area contributed by atoms with Crippen molar-refractivity contribution in [2.24, 2.45) is 5.92 Å². The Morgan fingerprint density at radius 1 is 1.00 bits per heavy atom. The highest BCUT2D eigenvalue weighted by Gasteiger charge is 2.43. The molecule has 6 nitrogen and oxygen atoms in total. The summed E-state index contributed by atoms with van der Waals surface area (Å²) in [4.78, 5) is 11.8. The van der Waals surface area contributed by atoms with Crippen LogP contribution in [0.25, 0.3) is 0 Å². The largest absolute Gasteiger partial charge is 0.391 e. The molecule has 0 radical (unpaired) electrons. The van der Waals surface area contributed by atoms with E-state index in [1.54, 1.807) is 0 Å². The van der Waals surface area contributed by atoms with E-state index >= 15 is 0 Å². The van der Waals surface area contributed by atoms with Crippen LogP contribution < -0.4 is 10.0 Å². The third kappa shape index (κ3) is 5.23. The van der Waals surface area contributed by atoms with E-state index in [0.717, 1.165) is 36.4 Å². The summed E-state index contributed by atoms with van der Waals surface area (Å²) in [5.74, 6) is -1.48. The van der Waals surface area contributed by atoms with Crippen LogP contribution in [0.15, 0.2) is 0 Å². The third-order valence-electron chi connectivity index (χ3n) is 4.42. The topological polar surface area (TPSA) is 78.5 Å². The number of nitrogens with one attached hydrogen (secondary N) is 2. The number of hydrogen-bond donors (Lipinski definition) is 2. The zero-order valence-corrected chi connectivity index (χ0v) is 13.5. The van der Waals surface area contributed by atoms with Gasteiger partial charge in [0.15, 0.2) is 0 Å². The quantitative estimate of drug-likeness (QED) is 0.812. The van der Waals surface area contributed by atoms with Crippen LogP contribution in [0.3, 0.4) is 0 Å². The van der Waals surface area contributed by atoms with E-state index in [1.165, 1.54) is 0 Å². The van der Waals surface area contributed by atoms with Crippen molar-refractivity contribution in [3.8, 4) is 0 Å². The highest BCUT2D eigenvalue weighted by molar-refractivity contribution is 7.87. The average Bonchev–Trinajstić information content (AvgIpc) is 2.47. The van der Waals surface area contributed by atoms with Gasteiger partial charge in [-0.25, -0.2) is 9.52 Å². The van der Waals surface area contributed by atoms with Crippen molar-refractivity contribution >= 4 is 16.2 Å². The molecule has 0 aromatic heterocycles. The van der Waals surface area contributed by atoms with Gasteiger partial charge in [-0.15, -0.1) is 0 Å². The molecule has 2 aliphatic rings. The molecule has 0 aromatic carbocycles. The second-order valence-electron chi connectivity index (χ2n) is 6.13. The number of carbonyl (C=O) groups excluding carboxylic acids is 1. The number of alkyl halides is 3. The summed E-state index contributed by atoms with van der Waals surface area (Å²) >= 11 is 0.